The molecule has 0 saturated carbocycles. The van der Waals surface area contributed by atoms with E-state index in [1.165, 1.54) is 0 Å². The molecule has 0 aliphatic carbocycles. The number of benzene rings is 1. The van der Waals surface area contributed by atoms with Gasteiger partial charge in [0.25, 0.3) is 0 Å². The predicted octanol–water partition coefficient (Wildman–Crippen LogP) is 2.45. The molecule has 0 bridgehead atoms. The van der Waals surface area contributed by atoms with Gasteiger partial charge < -0.3 is 4.90 Å². The third-order valence-electron chi connectivity index (χ3n) is 3.48. The molecule has 0 amide bonds. The summed E-state index contributed by atoms with van der Waals surface area (Å²) < 4.78 is 0. The summed E-state index contributed by atoms with van der Waals surface area (Å²) in [6.45, 7) is 6.15. The molecule has 3 nitrogen and oxygen atoms in total. The average Bonchev–Trinajstić information content (AvgIpc) is 2.54. The second kappa shape index (κ2) is 3.99. The van der Waals surface area contributed by atoms with Gasteiger partial charge in [-0.3, -0.25) is 9.59 Å². The highest BCUT2D eigenvalue weighted by Gasteiger charge is 2.39. The molecule has 0 radical (unpaired) electrons. The number of nitrogens with zero attached hydrogens (tertiary/aromatic N) is 1. The first-order valence-corrected chi connectivity index (χ1v) is 5.85. The van der Waals surface area contributed by atoms with Gasteiger partial charge in [0.1, 0.15) is 0 Å². The Bertz CT molecular complexity index is 477. The van der Waals surface area contributed by atoms with E-state index in [1.54, 1.807) is 13.0 Å². The molecule has 0 atom stereocenters. The Kier molecular flexibility index (Phi) is 2.77. The maximum atomic E-state index is 11.8. The highest BCUT2D eigenvalue weighted by molar-refractivity contribution is 5.97. The molecule has 2 rings (SSSR count). The van der Waals surface area contributed by atoms with E-state index in [4.69, 9.17) is 0 Å². The second-order valence-corrected chi connectivity index (χ2v) is 4.99. The van der Waals surface area contributed by atoms with Gasteiger partial charge in [0, 0.05) is 24.2 Å². The van der Waals surface area contributed by atoms with Crippen LogP contribution in [0.2, 0.25) is 0 Å². The van der Waals surface area contributed by atoms with E-state index in [2.05, 4.69) is 4.90 Å². The van der Waals surface area contributed by atoms with Gasteiger partial charge in [0.05, 0.1) is 5.54 Å². The first-order valence-electron chi connectivity index (χ1n) is 5.85. The lowest BCUT2D eigenvalue weighted by molar-refractivity contribution is -0.120. The molecule has 0 N–H and O–H groups in total. The SMILES string of the molecule is CC(=O)c1cccc(N2CCC(=O)C2(C)C)c1. The van der Waals surface area contributed by atoms with Gasteiger partial charge in [-0.25, -0.2) is 0 Å². The minimum atomic E-state index is -0.463. The fourth-order valence-electron chi connectivity index (χ4n) is 2.29. The largest absolute Gasteiger partial charge is 0.359 e. The maximum Gasteiger partial charge on any atom is 0.159 e. The van der Waals surface area contributed by atoms with Crippen LogP contribution in [0.15, 0.2) is 24.3 Å². The normalized spacial score (nSPS) is 18.5. The summed E-state index contributed by atoms with van der Waals surface area (Å²) in [7, 11) is 0. The van der Waals surface area contributed by atoms with Crippen LogP contribution in [0, 0.1) is 0 Å². The molecule has 3 heteroatoms. The zero-order valence-electron chi connectivity index (χ0n) is 10.5. The van der Waals surface area contributed by atoms with Crippen molar-refractivity contribution in [1.82, 2.24) is 0 Å². The first-order chi connectivity index (χ1) is 7.93. The number of Topliss-reactive ketones (excluding diaryl/α,β-unsaturated/α-hetero) is 2. The Hall–Kier alpha value is -1.64. The van der Waals surface area contributed by atoms with Crippen LogP contribution in [0.4, 0.5) is 5.69 Å². The summed E-state index contributed by atoms with van der Waals surface area (Å²) in [6.07, 6.45) is 0.581. The van der Waals surface area contributed by atoms with Gasteiger partial charge in [0.15, 0.2) is 11.6 Å². The van der Waals surface area contributed by atoms with E-state index >= 15 is 0 Å². The van der Waals surface area contributed by atoms with E-state index in [9.17, 15) is 9.59 Å². The Morgan fingerprint density at radius 3 is 2.59 bits per heavy atom. The number of rotatable bonds is 2. The van der Waals surface area contributed by atoms with Gasteiger partial charge >= 0.3 is 0 Å². The quantitative estimate of drug-likeness (QED) is 0.734. The fraction of sp³-hybridized carbons (Fsp3) is 0.429. The van der Waals surface area contributed by atoms with Crippen LogP contribution in [0.25, 0.3) is 0 Å². The van der Waals surface area contributed by atoms with Gasteiger partial charge in [-0.1, -0.05) is 12.1 Å². The van der Waals surface area contributed by atoms with Crippen molar-refractivity contribution < 1.29 is 9.59 Å². The van der Waals surface area contributed by atoms with Crippen LogP contribution in [0.1, 0.15) is 37.6 Å². The second-order valence-electron chi connectivity index (χ2n) is 4.99. The number of carbonyl (C=O) groups excluding carboxylic acids is 2. The minimum Gasteiger partial charge on any atom is -0.359 e. The predicted molar refractivity (Wildman–Crippen MR) is 67.5 cm³/mol. The summed E-state index contributed by atoms with van der Waals surface area (Å²) in [6, 6.07) is 7.48. The molecule has 17 heavy (non-hydrogen) atoms. The van der Waals surface area contributed by atoms with Gasteiger partial charge in [-0.05, 0) is 32.9 Å². The highest BCUT2D eigenvalue weighted by atomic mass is 16.1. The number of ketones is 2. The molecule has 0 aromatic heterocycles. The Morgan fingerprint density at radius 2 is 2.06 bits per heavy atom. The van der Waals surface area contributed by atoms with E-state index in [1.807, 2.05) is 32.0 Å². The molecule has 90 valence electrons. The molecule has 1 aromatic carbocycles. The maximum absolute atomic E-state index is 11.8. The van der Waals surface area contributed by atoms with Crippen molar-refractivity contribution in [3.05, 3.63) is 29.8 Å². The van der Waals surface area contributed by atoms with Crippen molar-refractivity contribution >= 4 is 17.3 Å². The standard InChI is InChI=1S/C14H17NO2/c1-10(16)11-5-4-6-12(9-11)15-8-7-13(17)14(15,2)3/h4-6,9H,7-8H2,1-3H3. The van der Waals surface area contributed by atoms with Gasteiger partial charge in [-0.15, -0.1) is 0 Å². The zero-order valence-corrected chi connectivity index (χ0v) is 10.5. The first kappa shape index (κ1) is 11.8. The van der Waals surface area contributed by atoms with Crippen molar-refractivity contribution in [2.75, 3.05) is 11.4 Å². The molecular formula is C14H17NO2. The lowest BCUT2D eigenvalue weighted by Crippen LogP contribution is -2.42. The third-order valence-corrected chi connectivity index (χ3v) is 3.48. The van der Waals surface area contributed by atoms with Crippen molar-refractivity contribution in [2.24, 2.45) is 0 Å². The molecule has 0 spiro atoms. The lowest BCUT2D eigenvalue weighted by atomic mass is 9.99. The van der Waals surface area contributed by atoms with Crippen molar-refractivity contribution in [3.63, 3.8) is 0 Å². The molecule has 1 aliphatic heterocycles. The van der Waals surface area contributed by atoms with Crippen LogP contribution in [-0.2, 0) is 4.79 Å². The van der Waals surface area contributed by atoms with Crippen LogP contribution < -0.4 is 4.90 Å². The number of carbonyl (C=O) groups is 2. The monoisotopic (exact) mass is 231 g/mol. The van der Waals surface area contributed by atoms with Crippen molar-refractivity contribution in [2.45, 2.75) is 32.7 Å². The molecule has 1 aliphatic rings. The number of hydrogen-bond acceptors (Lipinski definition) is 3. The van der Waals surface area contributed by atoms with Gasteiger partial charge in [0.2, 0.25) is 0 Å². The van der Waals surface area contributed by atoms with Crippen LogP contribution in [-0.4, -0.2) is 23.7 Å². The number of hydrogen-bond donors (Lipinski definition) is 0. The summed E-state index contributed by atoms with van der Waals surface area (Å²) in [5, 5.41) is 0. The Morgan fingerprint density at radius 1 is 1.35 bits per heavy atom. The summed E-state index contributed by atoms with van der Waals surface area (Å²) >= 11 is 0. The fourth-order valence-corrected chi connectivity index (χ4v) is 2.29. The summed E-state index contributed by atoms with van der Waals surface area (Å²) in [5.74, 6) is 0.306. The summed E-state index contributed by atoms with van der Waals surface area (Å²) in [4.78, 5) is 25.2. The molecule has 1 fully saturated rings. The Balaban J connectivity index is 2.38. The highest BCUT2D eigenvalue weighted by Crippen LogP contribution is 2.31. The van der Waals surface area contributed by atoms with Crippen molar-refractivity contribution in [3.8, 4) is 0 Å². The zero-order chi connectivity index (χ0) is 12.6. The molecular weight excluding hydrogens is 214 g/mol. The van der Waals surface area contributed by atoms with Crippen molar-refractivity contribution in [1.29, 1.82) is 0 Å². The molecule has 1 heterocycles. The minimum absolute atomic E-state index is 0.0511. The smallest absolute Gasteiger partial charge is 0.159 e. The lowest BCUT2D eigenvalue weighted by Gasteiger charge is -2.32. The van der Waals surface area contributed by atoms with E-state index in [0.29, 0.717) is 12.0 Å². The Labute approximate surface area is 101 Å². The topological polar surface area (TPSA) is 37.4 Å². The summed E-state index contributed by atoms with van der Waals surface area (Å²) in [5.41, 5.74) is 1.18. The van der Waals surface area contributed by atoms with E-state index in [-0.39, 0.29) is 11.6 Å². The molecule has 1 saturated heterocycles. The van der Waals surface area contributed by atoms with Crippen LogP contribution in [0.3, 0.4) is 0 Å². The van der Waals surface area contributed by atoms with Crippen LogP contribution in [0.5, 0.6) is 0 Å². The number of anilines is 1. The van der Waals surface area contributed by atoms with Crippen LogP contribution >= 0.6 is 0 Å². The van der Waals surface area contributed by atoms with Gasteiger partial charge in [-0.2, -0.15) is 0 Å². The van der Waals surface area contributed by atoms with E-state index < -0.39 is 5.54 Å². The average molecular weight is 231 g/mol. The molecule has 0 unspecified atom stereocenters. The third kappa shape index (κ3) is 1.97. The molecule has 1 aromatic rings. The van der Waals surface area contributed by atoms with E-state index in [0.717, 1.165) is 12.2 Å².